The fourth-order valence-electron chi connectivity index (χ4n) is 1.91. The highest BCUT2D eigenvalue weighted by atomic mass is 35.5. The Labute approximate surface area is 102 Å². The number of halogens is 1. The predicted molar refractivity (Wildman–Crippen MR) is 66.6 cm³/mol. The molecule has 1 fully saturated rings. The first-order valence-electron chi connectivity index (χ1n) is 5.30. The second-order valence-corrected chi connectivity index (χ2v) is 4.04. The molecule has 16 heavy (non-hydrogen) atoms. The lowest BCUT2D eigenvalue weighted by Crippen LogP contribution is -2.48. The number of ketones is 1. The Kier molecular flexibility index (Phi) is 4.93. The minimum Gasteiger partial charge on any atom is -0.320 e. The number of Topliss-reactive ketones (excluding diaryl/α,β-unsaturated/α-hetero) is 1. The van der Waals surface area contributed by atoms with Crippen molar-refractivity contribution in [3.05, 3.63) is 35.9 Å². The van der Waals surface area contributed by atoms with Crippen molar-refractivity contribution in [2.45, 2.75) is 19.0 Å². The summed E-state index contributed by atoms with van der Waals surface area (Å²) < 4.78 is 0. The van der Waals surface area contributed by atoms with Crippen LogP contribution in [-0.2, 0) is 11.3 Å². The van der Waals surface area contributed by atoms with Gasteiger partial charge in [0, 0.05) is 26.1 Å². The molecule has 0 bridgehead atoms. The molecule has 0 aliphatic carbocycles. The van der Waals surface area contributed by atoms with Gasteiger partial charge in [-0.1, -0.05) is 30.3 Å². The monoisotopic (exact) mass is 240 g/mol. The van der Waals surface area contributed by atoms with Crippen molar-refractivity contribution in [3.63, 3.8) is 0 Å². The summed E-state index contributed by atoms with van der Waals surface area (Å²) in [6, 6.07) is 9.98. The zero-order valence-electron chi connectivity index (χ0n) is 9.13. The number of benzene rings is 1. The Morgan fingerprint density at radius 2 is 2.00 bits per heavy atom. The lowest BCUT2D eigenvalue weighted by Gasteiger charge is -2.29. The van der Waals surface area contributed by atoms with E-state index in [1.54, 1.807) is 0 Å². The standard InChI is InChI=1S/C12H16N2O.ClH/c13-11-9-14(7-6-12(11)15)8-10-4-2-1-3-5-10;/h1-5,11H,6-9,13H2;1H. The van der Waals surface area contributed by atoms with Crippen molar-refractivity contribution in [2.75, 3.05) is 13.1 Å². The number of likely N-dealkylation sites (tertiary alicyclic amines) is 1. The summed E-state index contributed by atoms with van der Waals surface area (Å²) in [4.78, 5) is 13.5. The number of hydrogen-bond acceptors (Lipinski definition) is 3. The van der Waals surface area contributed by atoms with Gasteiger partial charge < -0.3 is 5.73 Å². The van der Waals surface area contributed by atoms with E-state index in [0.29, 0.717) is 13.0 Å². The van der Waals surface area contributed by atoms with E-state index in [1.165, 1.54) is 5.56 Å². The molecule has 2 rings (SSSR count). The van der Waals surface area contributed by atoms with Gasteiger partial charge in [-0.2, -0.15) is 0 Å². The van der Waals surface area contributed by atoms with E-state index in [-0.39, 0.29) is 24.2 Å². The van der Waals surface area contributed by atoms with E-state index in [2.05, 4.69) is 17.0 Å². The smallest absolute Gasteiger partial charge is 0.152 e. The zero-order chi connectivity index (χ0) is 10.7. The maximum absolute atomic E-state index is 11.2. The Morgan fingerprint density at radius 1 is 1.31 bits per heavy atom. The van der Waals surface area contributed by atoms with Gasteiger partial charge >= 0.3 is 0 Å². The summed E-state index contributed by atoms with van der Waals surface area (Å²) in [6.07, 6.45) is 0.591. The van der Waals surface area contributed by atoms with Gasteiger partial charge in [0.15, 0.2) is 5.78 Å². The highest BCUT2D eigenvalue weighted by Crippen LogP contribution is 2.10. The van der Waals surface area contributed by atoms with Gasteiger partial charge in [0.1, 0.15) is 0 Å². The fraction of sp³-hybridized carbons (Fsp3) is 0.417. The molecule has 88 valence electrons. The van der Waals surface area contributed by atoms with Crippen LogP contribution in [0.25, 0.3) is 0 Å². The van der Waals surface area contributed by atoms with E-state index in [0.717, 1.165) is 13.1 Å². The first-order valence-corrected chi connectivity index (χ1v) is 5.30. The van der Waals surface area contributed by atoms with Gasteiger partial charge in [0.25, 0.3) is 0 Å². The highest BCUT2D eigenvalue weighted by molar-refractivity contribution is 5.85. The van der Waals surface area contributed by atoms with Crippen LogP contribution < -0.4 is 5.73 Å². The summed E-state index contributed by atoms with van der Waals surface area (Å²) in [5.41, 5.74) is 7.01. The average molecular weight is 241 g/mol. The van der Waals surface area contributed by atoms with Crippen molar-refractivity contribution in [3.8, 4) is 0 Å². The minimum absolute atomic E-state index is 0. The van der Waals surface area contributed by atoms with Gasteiger partial charge in [-0.15, -0.1) is 12.4 Å². The molecular weight excluding hydrogens is 224 g/mol. The topological polar surface area (TPSA) is 46.3 Å². The summed E-state index contributed by atoms with van der Waals surface area (Å²) in [7, 11) is 0. The number of piperidine rings is 1. The first-order chi connectivity index (χ1) is 7.25. The second kappa shape index (κ2) is 5.99. The van der Waals surface area contributed by atoms with Crippen LogP contribution in [0.5, 0.6) is 0 Å². The fourth-order valence-corrected chi connectivity index (χ4v) is 1.91. The van der Waals surface area contributed by atoms with E-state index in [9.17, 15) is 4.79 Å². The molecule has 2 N–H and O–H groups in total. The van der Waals surface area contributed by atoms with Gasteiger partial charge in [0.2, 0.25) is 0 Å². The van der Waals surface area contributed by atoms with Crippen LogP contribution in [0, 0.1) is 0 Å². The van der Waals surface area contributed by atoms with Gasteiger partial charge in [-0.05, 0) is 5.56 Å². The van der Waals surface area contributed by atoms with Crippen LogP contribution in [0.2, 0.25) is 0 Å². The van der Waals surface area contributed by atoms with Gasteiger partial charge in [-0.3, -0.25) is 9.69 Å². The number of carbonyl (C=O) groups excluding carboxylic acids is 1. The predicted octanol–water partition coefficient (Wildman–Crippen LogP) is 1.21. The summed E-state index contributed by atoms with van der Waals surface area (Å²) >= 11 is 0. The SMILES string of the molecule is Cl.NC1CN(Cc2ccccc2)CCC1=O. The number of nitrogens with two attached hydrogens (primary N) is 1. The van der Waals surface area contributed by atoms with Crippen LogP contribution >= 0.6 is 12.4 Å². The van der Waals surface area contributed by atoms with E-state index in [1.807, 2.05) is 18.2 Å². The lowest BCUT2D eigenvalue weighted by molar-refractivity contribution is -0.123. The number of rotatable bonds is 2. The number of carbonyl (C=O) groups is 1. The molecule has 4 heteroatoms. The molecule has 0 radical (unpaired) electrons. The molecule has 0 aromatic heterocycles. The quantitative estimate of drug-likeness (QED) is 0.845. The van der Waals surface area contributed by atoms with Crippen molar-refractivity contribution in [1.29, 1.82) is 0 Å². The normalized spacial score (nSPS) is 21.6. The zero-order valence-corrected chi connectivity index (χ0v) is 9.95. The molecule has 1 aromatic rings. The van der Waals surface area contributed by atoms with Gasteiger partial charge in [0.05, 0.1) is 6.04 Å². The molecule has 1 saturated heterocycles. The lowest BCUT2D eigenvalue weighted by atomic mass is 10.0. The molecule has 1 aliphatic rings. The largest absolute Gasteiger partial charge is 0.320 e. The van der Waals surface area contributed by atoms with Crippen LogP contribution in [0.15, 0.2) is 30.3 Å². The maximum Gasteiger partial charge on any atom is 0.152 e. The summed E-state index contributed by atoms with van der Waals surface area (Å²) in [5.74, 6) is 0.194. The van der Waals surface area contributed by atoms with Crippen LogP contribution in [0.3, 0.4) is 0 Å². The highest BCUT2D eigenvalue weighted by Gasteiger charge is 2.23. The third-order valence-corrected chi connectivity index (χ3v) is 2.79. The molecule has 1 atom stereocenters. The molecule has 1 unspecified atom stereocenters. The molecule has 0 saturated carbocycles. The molecule has 0 spiro atoms. The Balaban J connectivity index is 0.00000128. The minimum atomic E-state index is -0.289. The molecule has 1 heterocycles. The summed E-state index contributed by atoms with van der Waals surface area (Å²) in [5, 5.41) is 0. The van der Waals surface area contributed by atoms with Crippen LogP contribution in [0.1, 0.15) is 12.0 Å². The van der Waals surface area contributed by atoms with Crippen molar-refractivity contribution >= 4 is 18.2 Å². The molecule has 1 aliphatic heterocycles. The van der Waals surface area contributed by atoms with Crippen molar-refractivity contribution in [2.24, 2.45) is 5.73 Å². The van der Waals surface area contributed by atoms with E-state index >= 15 is 0 Å². The number of nitrogens with zero attached hydrogens (tertiary/aromatic N) is 1. The van der Waals surface area contributed by atoms with Crippen LogP contribution in [-0.4, -0.2) is 29.8 Å². The second-order valence-electron chi connectivity index (χ2n) is 4.04. The Morgan fingerprint density at radius 3 is 2.62 bits per heavy atom. The first kappa shape index (κ1) is 13.2. The molecule has 1 aromatic carbocycles. The van der Waals surface area contributed by atoms with Crippen molar-refractivity contribution in [1.82, 2.24) is 4.90 Å². The molecule has 0 amide bonds. The summed E-state index contributed by atoms with van der Waals surface area (Å²) in [6.45, 7) is 2.41. The maximum atomic E-state index is 11.2. The third kappa shape index (κ3) is 3.30. The van der Waals surface area contributed by atoms with Crippen molar-refractivity contribution < 1.29 is 4.79 Å². The van der Waals surface area contributed by atoms with Gasteiger partial charge in [-0.25, -0.2) is 0 Å². The van der Waals surface area contributed by atoms with Crippen LogP contribution in [0.4, 0.5) is 0 Å². The van der Waals surface area contributed by atoms with E-state index in [4.69, 9.17) is 5.73 Å². The molecule has 3 nitrogen and oxygen atoms in total. The Hall–Kier alpha value is -0.900. The molecular formula is C12H17ClN2O. The Bertz CT molecular complexity index is 342. The third-order valence-electron chi connectivity index (χ3n) is 2.79. The number of hydrogen-bond donors (Lipinski definition) is 1. The average Bonchev–Trinajstić information content (AvgIpc) is 2.25. The van der Waals surface area contributed by atoms with E-state index < -0.39 is 0 Å².